The van der Waals surface area contributed by atoms with Crippen LogP contribution in [-0.2, 0) is 42.8 Å². The predicted molar refractivity (Wildman–Crippen MR) is 246 cm³/mol. The van der Waals surface area contributed by atoms with Crippen molar-refractivity contribution in [1.82, 2.24) is 10.3 Å². The topological polar surface area (TPSA) is 210 Å². The number of amides is 2. The molecular formula is C48H62N6O11. The monoisotopic (exact) mass is 898 g/mol. The third-order valence-corrected chi connectivity index (χ3v) is 9.75. The molecule has 2 amide bonds. The Morgan fingerprint density at radius 2 is 1.46 bits per heavy atom. The van der Waals surface area contributed by atoms with Gasteiger partial charge < -0.3 is 38.5 Å². The van der Waals surface area contributed by atoms with E-state index in [0.717, 1.165) is 38.8 Å². The molecular weight excluding hydrogens is 837 g/mol. The highest BCUT2D eigenvalue weighted by Crippen LogP contribution is 2.36. The number of esters is 1. The summed E-state index contributed by atoms with van der Waals surface area (Å²) in [6.07, 6.45) is 1.43. The van der Waals surface area contributed by atoms with Crippen molar-refractivity contribution >= 4 is 40.3 Å². The fourth-order valence-electron chi connectivity index (χ4n) is 6.61. The van der Waals surface area contributed by atoms with Crippen molar-refractivity contribution in [2.75, 3.05) is 91.1 Å². The van der Waals surface area contributed by atoms with Gasteiger partial charge in [-0.2, -0.15) is 0 Å². The molecule has 0 unspecified atom stereocenters. The van der Waals surface area contributed by atoms with Gasteiger partial charge in [-0.3, -0.25) is 19.3 Å². The van der Waals surface area contributed by atoms with E-state index in [4.69, 9.17) is 38.7 Å². The summed E-state index contributed by atoms with van der Waals surface area (Å²) in [6, 6.07) is 23.3. The second-order valence-electron chi connectivity index (χ2n) is 16.0. The van der Waals surface area contributed by atoms with Gasteiger partial charge in [-0.1, -0.05) is 59.7 Å². The van der Waals surface area contributed by atoms with Crippen LogP contribution in [0, 0.1) is 6.92 Å². The lowest BCUT2D eigenvalue weighted by Crippen LogP contribution is -2.38. The van der Waals surface area contributed by atoms with E-state index in [1.165, 1.54) is 12.0 Å². The largest absolute Gasteiger partial charge is 0.491 e. The molecule has 17 heteroatoms. The van der Waals surface area contributed by atoms with Crippen LogP contribution in [0.5, 0.6) is 5.75 Å². The molecule has 0 fully saturated rings. The van der Waals surface area contributed by atoms with Gasteiger partial charge in [-0.05, 0) is 85.5 Å². The second-order valence-corrected chi connectivity index (χ2v) is 16.0. The molecule has 17 nitrogen and oxygen atoms in total. The molecule has 3 aromatic carbocycles. The lowest BCUT2D eigenvalue weighted by molar-refractivity contribution is -0.141. The molecule has 0 aliphatic heterocycles. The van der Waals surface area contributed by atoms with Crippen LogP contribution in [0.1, 0.15) is 63.5 Å². The number of benzene rings is 3. The number of rotatable bonds is 29. The van der Waals surface area contributed by atoms with E-state index in [-0.39, 0.29) is 44.0 Å². The van der Waals surface area contributed by atoms with Crippen LogP contribution in [0.25, 0.3) is 32.3 Å². The minimum absolute atomic E-state index is 0.0101. The lowest BCUT2D eigenvalue weighted by Gasteiger charge is -2.27. The van der Waals surface area contributed by atoms with Gasteiger partial charge in [0, 0.05) is 48.3 Å². The summed E-state index contributed by atoms with van der Waals surface area (Å²) < 4.78 is 38.6. The number of ketones is 1. The Hall–Kier alpha value is -6.10. The number of hydrogen-bond acceptors (Lipinski definition) is 13. The number of ether oxygens (including phenoxy) is 7. The van der Waals surface area contributed by atoms with Gasteiger partial charge in [0.05, 0.1) is 72.9 Å². The van der Waals surface area contributed by atoms with E-state index in [1.807, 2.05) is 73.7 Å². The fourth-order valence-corrected chi connectivity index (χ4v) is 6.61. The normalized spacial score (nSPS) is 11.6. The molecule has 1 heterocycles. The minimum atomic E-state index is -0.716. The van der Waals surface area contributed by atoms with Gasteiger partial charge in [0.2, 0.25) is 5.91 Å². The maximum atomic E-state index is 13.2. The van der Waals surface area contributed by atoms with E-state index in [1.54, 1.807) is 33.0 Å². The number of pyridine rings is 1. The molecule has 4 aromatic rings. The number of nitrogens with one attached hydrogen (secondary N) is 1. The van der Waals surface area contributed by atoms with Crippen LogP contribution < -0.4 is 15.0 Å². The number of azide groups is 1. The molecule has 0 radical (unpaired) electrons. The molecule has 0 aliphatic carbocycles. The van der Waals surface area contributed by atoms with Gasteiger partial charge in [0.15, 0.2) is 5.78 Å². The number of carbonyl (C=O) groups excluding carboxylic acids is 4. The van der Waals surface area contributed by atoms with Crippen LogP contribution in [-0.4, -0.2) is 121 Å². The van der Waals surface area contributed by atoms with Crippen molar-refractivity contribution in [3.8, 4) is 16.9 Å². The first kappa shape index (κ1) is 51.5. The number of nitrogens with zero attached hydrogens (tertiary/aromatic N) is 5. The van der Waals surface area contributed by atoms with E-state index in [0.29, 0.717) is 78.2 Å². The zero-order valence-corrected chi connectivity index (χ0v) is 38.1. The van der Waals surface area contributed by atoms with Gasteiger partial charge >= 0.3 is 12.1 Å². The number of aromatic nitrogens is 1. The Labute approximate surface area is 380 Å². The average Bonchev–Trinajstić information content (AvgIpc) is 3.28. The quantitative estimate of drug-likeness (QED) is 0.0181. The lowest BCUT2D eigenvalue weighted by atomic mass is 9.89. The van der Waals surface area contributed by atoms with Gasteiger partial charge in [-0.15, -0.1) is 0 Å². The number of fused-ring (bicyclic) bond motifs is 1. The predicted octanol–water partition coefficient (Wildman–Crippen LogP) is 7.91. The molecule has 65 heavy (non-hydrogen) atoms. The van der Waals surface area contributed by atoms with Crippen LogP contribution in [0.4, 0.5) is 10.6 Å². The second kappa shape index (κ2) is 27.9. The maximum Gasteiger partial charge on any atom is 0.416 e. The number of hydrogen-bond donors (Lipinski definition) is 1. The van der Waals surface area contributed by atoms with Crippen molar-refractivity contribution in [3.05, 3.63) is 101 Å². The van der Waals surface area contributed by atoms with Crippen molar-refractivity contribution < 1.29 is 52.3 Å². The molecule has 0 saturated heterocycles. The summed E-state index contributed by atoms with van der Waals surface area (Å²) in [6.45, 7) is 11.2. The van der Waals surface area contributed by atoms with Crippen molar-refractivity contribution in [2.24, 2.45) is 5.11 Å². The summed E-state index contributed by atoms with van der Waals surface area (Å²) in [4.78, 5) is 59.9. The SMILES string of the molecule is COC(=O)C[C@H](CC(=O)CNC(=O)CCCN(C(=O)OC(C)(C)C)c1cc(C)ccn1)c1ccc(-c2ccc(OCCOCCOCCOCCOCCN=[N+]=[N-])c3ccccc23)cc1. The third-order valence-electron chi connectivity index (χ3n) is 9.75. The Bertz CT molecular complexity index is 2170. The van der Waals surface area contributed by atoms with Gasteiger partial charge in [0.1, 0.15) is 23.8 Å². The highest BCUT2D eigenvalue weighted by molar-refractivity contribution is 6.00. The van der Waals surface area contributed by atoms with E-state index >= 15 is 0 Å². The van der Waals surface area contributed by atoms with Crippen molar-refractivity contribution in [3.63, 3.8) is 0 Å². The standard InChI is InChI=1S/C48H62N6O11/c1-35-18-19-50-44(31-35)54(47(58)65-48(2,3)4)21-8-11-45(56)51-34-39(55)32-38(33-46(57)59-5)36-12-14-37(15-13-36)40-16-17-43(42-10-7-6-9-41(40)42)64-30-29-63-28-27-62-26-25-61-24-23-60-22-20-52-53-49/h6-7,9-10,12-19,31,38H,8,11,20-30,32-34H2,1-5H3,(H,51,56)/t38-/m0/s1. The number of Topliss-reactive ketones (excluding diaryl/α,β-unsaturated/α-hetero) is 1. The Balaban J connectivity index is 1.25. The van der Waals surface area contributed by atoms with Crippen LogP contribution >= 0.6 is 0 Å². The summed E-state index contributed by atoms with van der Waals surface area (Å²) >= 11 is 0. The zero-order chi connectivity index (χ0) is 46.9. The maximum absolute atomic E-state index is 13.2. The molecule has 0 bridgehead atoms. The summed E-state index contributed by atoms with van der Waals surface area (Å²) in [5.74, 6) is -0.349. The Morgan fingerprint density at radius 3 is 2.09 bits per heavy atom. The Kier molecular flexibility index (Phi) is 22.2. The van der Waals surface area contributed by atoms with Crippen LogP contribution in [0.2, 0.25) is 0 Å². The van der Waals surface area contributed by atoms with Gasteiger partial charge in [-0.25, -0.2) is 9.78 Å². The van der Waals surface area contributed by atoms with Crippen molar-refractivity contribution in [2.45, 2.75) is 64.9 Å². The zero-order valence-electron chi connectivity index (χ0n) is 38.1. The molecule has 0 saturated carbocycles. The first-order valence-electron chi connectivity index (χ1n) is 21.7. The fraction of sp³-hybridized carbons (Fsp3) is 0.479. The van der Waals surface area contributed by atoms with E-state index in [2.05, 4.69) is 20.3 Å². The van der Waals surface area contributed by atoms with Gasteiger partial charge in [0.25, 0.3) is 0 Å². The number of anilines is 1. The Morgan fingerprint density at radius 1 is 0.815 bits per heavy atom. The molecule has 1 N–H and O–H groups in total. The third kappa shape index (κ3) is 18.9. The summed E-state index contributed by atoms with van der Waals surface area (Å²) in [5, 5.41) is 8.03. The minimum Gasteiger partial charge on any atom is -0.491 e. The van der Waals surface area contributed by atoms with Crippen LogP contribution in [0.3, 0.4) is 0 Å². The molecule has 4 rings (SSSR count). The molecule has 0 spiro atoms. The molecule has 350 valence electrons. The highest BCUT2D eigenvalue weighted by atomic mass is 16.6. The number of carbonyl (C=O) groups is 4. The molecule has 0 aliphatic rings. The first-order chi connectivity index (χ1) is 31.4. The highest BCUT2D eigenvalue weighted by Gasteiger charge is 2.25. The summed E-state index contributed by atoms with van der Waals surface area (Å²) in [5.41, 5.74) is 11.2. The van der Waals surface area contributed by atoms with Crippen LogP contribution in [0.15, 0.2) is 84.1 Å². The summed E-state index contributed by atoms with van der Waals surface area (Å²) in [7, 11) is 1.31. The van der Waals surface area contributed by atoms with E-state index < -0.39 is 23.6 Å². The number of aryl methyl sites for hydroxylation is 1. The van der Waals surface area contributed by atoms with E-state index in [9.17, 15) is 19.2 Å². The van der Waals surface area contributed by atoms with Crippen molar-refractivity contribution in [1.29, 1.82) is 0 Å². The molecule has 1 atom stereocenters. The molecule has 1 aromatic heterocycles. The smallest absolute Gasteiger partial charge is 0.416 e. The average molecular weight is 899 g/mol. The number of methoxy groups -OCH3 is 1. The first-order valence-corrected chi connectivity index (χ1v) is 21.7.